The van der Waals surface area contributed by atoms with Gasteiger partial charge in [0.2, 0.25) is 11.8 Å². The van der Waals surface area contributed by atoms with Crippen molar-refractivity contribution < 1.29 is 9.32 Å². The molecule has 1 saturated heterocycles. The number of hydrogen-bond acceptors (Lipinski definition) is 4. The molecule has 0 radical (unpaired) electrons. The van der Waals surface area contributed by atoms with Gasteiger partial charge in [0.15, 0.2) is 5.82 Å². The van der Waals surface area contributed by atoms with Crippen LogP contribution in [0.4, 0.5) is 0 Å². The number of benzene rings is 1. The molecule has 0 N–H and O–H groups in total. The van der Waals surface area contributed by atoms with Crippen molar-refractivity contribution in [2.75, 3.05) is 13.1 Å². The van der Waals surface area contributed by atoms with Crippen LogP contribution in [0.1, 0.15) is 55.3 Å². The zero-order valence-corrected chi connectivity index (χ0v) is 14.4. The van der Waals surface area contributed by atoms with Crippen LogP contribution in [-0.2, 0) is 16.6 Å². The Kier molecular flexibility index (Phi) is 3.43. The highest BCUT2D eigenvalue weighted by atomic mass is 16.5. The lowest BCUT2D eigenvalue weighted by atomic mass is 9.96. The molecular weight excluding hydrogens is 314 g/mol. The first-order chi connectivity index (χ1) is 12.2. The zero-order valence-electron chi connectivity index (χ0n) is 14.4. The molecule has 2 saturated carbocycles. The SMILES string of the molecule is O=C1CC(c2noc(C3(Cc4ccccc4)CC3)n2)CN1CC1CC1. The molecular formula is C20H23N3O2. The topological polar surface area (TPSA) is 59.2 Å². The summed E-state index contributed by atoms with van der Waals surface area (Å²) in [5.74, 6) is 2.55. The van der Waals surface area contributed by atoms with Gasteiger partial charge in [0, 0.05) is 25.4 Å². The Morgan fingerprint density at radius 3 is 2.72 bits per heavy atom. The molecule has 1 unspecified atom stereocenters. The third-order valence-electron chi connectivity index (χ3n) is 5.89. The molecule has 1 aliphatic heterocycles. The third kappa shape index (κ3) is 2.96. The highest BCUT2D eigenvalue weighted by Crippen LogP contribution is 2.50. The molecule has 5 rings (SSSR count). The van der Waals surface area contributed by atoms with E-state index in [9.17, 15) is 4.79 Å². The van der Waals surface area contributed by atoms with Gasteiger partial charge in [-0.1, -0.05) is 35.5 Å². The van der Waals surface area contributed by atoms with Crippen molar-refractivity contribution >= 4 is 5.91 Å². The van der Waals surface area contributed by atoms with Crippen LogP contribution in [0.3, 0.4) is 0 Å². The van der Waals surface area contributed by atoms with Gasteiger partial charge in [-0.05, 0) is 43.6 Å². The van der Waals surface area contributed by atoms with Gasteiger partial charge in [0.05, 0.1) is 5.41 Å². The molecule has 1 atom stereocenters. The van der Waals surface area contributed by atoms with Gasteiger partial charge in [0.1, 0.15) is 0 Å². The second kappa shape index (κ2) is 5.68. The second-order valence-corrected chi connectivity index (χ2v) is 8.04. The number of aromatic nitrogens is 2. The van der Waals surface area contributed by atoms with E-state index in [1.54, 1.807) is 0 Å². The van der Waals surface area contributed by atoms with Gasteiger partial charge in [-0.2, -0.15) is 4.98 Å². The van der Waals surface area contributed by atoms with Gasteiger partial charge in [0.25, 0.3) is 0 Å². The number of carbonyl (C=O) groups excluding carboxylic acids is 1. The van der Waals surface area contributed by atoms with Crippen molar-refractivity contribution in [3.8, 4) is 0 Å². The van der Waals surface area contributed by atoms with Gasteiger partial charge in [-0.15, -0.1) is 0 Å². The molecule has 25 heavy (non-hydrogen) atoms. The number of rotatable bonds is 6. The average Bonchev–Trinajstić information content (AvgIpc) is 3.51. The largest absolute Gasteiger partial charge is 0.342 e. The van der Waals surface area contributed by atoms with Crippen molar-refractivity contribution in [3.63, 3.8) is 0 Å². The van der Waals surface area contributed by atoms with E-state index in [4.69, 9.17) is 9.51 Å². The van der Waals surface area contributed by atoms with Crippen LogP contribution in [0.15, 0.2) is 34.9 Å². The summed E-state index contributed by atoms with van der Waals surface area (Å²) in [6.45, 7) is 1.66. The summed E-state index contributed by atoms with van der Waals surface area (Å²) in [5.41, 5.74) is 1.33. The number of likely N-dealkylation sites (tertiary alicyclic amines) is 1. The molecule has 3 fully saturated rings. The molecule has 130 valence electrons. The first kappa shape index (κ1) is 15.1. The van der Waals surface area contributed by atoms with Gasteiger partial charge >= 0.3 is 0 Å². The highest BCUT2D eigenvalue weighted by Gasteiger charge is 2.49. The highest BCUT2D eigenvalue weighted by molar-refractivity contribution is 5.79. The van der Waals surface area contributed by atoms with E-state index in [0.717, 1.165) is 50.0 Å². The molecule has 3 aliphatic rings. The van der Waals surface area contributed by atoms with Crippen LogP contribution < -0.4 is 0 Å². The lowest BCUT2D eigenvalue weighted by Crippen LogP contribution is -2.27. The molecule has 1 aromatic heterocycles. The summed E-state index contributed by atoms with van der Waals surface area (Å²) < 4.78 is 5.65. The van der Waals surface area contributed by atoms with Crippen molar-refractivity contribution in [1.82, 2.24) is 15.0 Å². The van der Waals surface area contributed by atoms with Gasteiger partial charge in [-0.3, -0.25) is 4.79 Å². The fourth-order valence-electron chi connectivity index (χ4n) is 3.95. The fourth-order valence-corrected chi connectivity index (χ4v) is 3.95. The van der Waals surface area contributed by atoms with Crippen LogP contribution >= 0.6 is 0 Å². The maximum Gasteiger partial charge on any atom is 0.233 e. The van der Waals surface area contributed by atoms with Crippen molar-refractivity contribution in [1.29, 1.82) is 0 Å². The van der Waals surface area contributed by atoms with Crippen molar-refractivity contribution in [3.05, 3.63) is 47.6 Å². The van der Waals surface area contributed by atoms with E-state index < -0.39 is 0 Å². The zero-order chi connectivity index (χ0) is 16.9. The summed E-state index contributed by atoms with van der Waals surface area (Å²) >= 11 is 0. The normalized spacial score (nSPS) is 24.7. The Morgan fingerprint density at radius 1 is 1.20 bits per heavy atom. The molecule has 2 aromatic rings. The standard InChI is InChI=1S/C20H23N3O2/c24-17-10-16(13-23(17)12-15-6-7-15)18-21-19(25-22-18)20(8-9-20)11-14-4-2-1-3-5-14/h1-5,15-16H,6-13H2. The smallest absolute Gasteiger partial charge is 0.233 e. The Morgan fingerprint density at radius 2 is 2.00 bits per heavy atom. The number of nitrogens with zero attached hydrogens (tertiary/aromatic N) is 3. The Hall–Kier alpha value is -2.17. The number of amides is 1. The predicted molar refractivity (Wildman–Crippen MR) is 92.0 cm³/mol. The monoisotopic (exact) mass is 337 g/mol. The number of hydrogen-bond donors (Lipinski definition) is 0. The van der Waals surface area contributed by atoms with Crippen LogP contribution in [0.25, 0.3) is 0 Å². The van der Waals surface area contributed by atoms with E-state index in [2.05, 4.69) is 29.4 Å². The maximum absolute atomic E-state index is 12.2. The minimum atomic E-state index is 0.0168. The van der Waals surface area contributed by atoms with Crippen LogP contribution in [-0.4, -0.2) is 34.0 Å². The molecule has 1 aromatic carbocycles. The molecule has 5 heteroatoms. The lowest BCUT2D eigenvalue weighted by Gasteiger charge is -2.14. The molecule has 2 heterocycles. The quantitative estimate of drug-likeness (QED) is 0.813. The second-order valence-electron chi connectivity index (χ2n) is 8.04. The third-order valence-corrected chi connectivity index (χ3v) is 5.89. The Balaban J connectivity index is 1.30. The number of carbonyl (C=O) groups is 1. The van der Waals surface area contributed by atoms with Crippen LogP contribution in [0.5, 0.6) is 0 Å². The Bertz CT molecular complexity index is 777. The molecule has 0 bridgehead atoms. The maximum atomic E-state index is 12.2. The molecule has 2 aliphatic carbocycles. The Labute approximate surface area is 147 Å². The minimum Gasteiger partial charge on any atom is -0.342 e. The van der Waals surface area contributed by atoms with Gasteiger partial charge < -0.3 is 9.42 Å². The molecule has 5 nitrogen and oxygen atoms in total. The molecule has 0 spiro atoms. The minimum absolute atomic E-state index is 0.0168. The van der Waals surface area contributed by atoms with Gasteiger partial charge in [-0.25, -0.2) is 0 Å². The predicted octanol–water partition coefficient (Wildman–Crippen LogP) is 3.07. The van der Waals surface area contributed by atoms with E-state index in [-0.39, 0.29) is 17.2 Å². The first-order valence-electron chi connectivity index (χ1n) is 9.38. The fraction of sp³-hybridized carbons (Fsp3) is 0.550. The molecule has 1 amide bonds. The first-order valence-corrected chi connectivity index (χ1v) is 9.38. The summed E-state index contributed by atoms with van der Waals surface area (Å²) in [6, 6.07) is 10.5. The summed E-state index contributed by atoms with van der Waals surface area (Å²) in [5, 5.41) is 4.24. The van der Waals surface area contributed by atoms with Crippen molar-refractivity contribution in [2.45, 2.75) is 49.9 Å². The van der Waals surface area contributed by atoms with Crippen molar-refractivity contribution in [2.24, 2.45) is 5.92 Å². The van der Waals surface area contributed by atoms with E-state index in [0.29, 0.717) is 6.42 Å². The summed E-state index contributed by atoms with van der Waals surface area (Å²) in [4.78, 5) is 18.9. The van der Waals surface area contributed by atoms with E-state index in [1.807, 2.05) is 11.0 Å². The van der Waals surface area contributed by atoms with E-state index >= 15 is 0 Å². The summed E-state index contributed by atoms with van der Waals surface area (Å²) in [7, 11) is 0. The van der Waals surface area contributed by atoms with Crippen LogP contribution in [0.2, 0.25) is 0 Å². The lowest BCUT2D eigenvalue weighted by molar-refractivity contribution is -0.127. The van der Waals surface area contributed by atoms with Crippen LogP contribution in [0, 0.1) is 5.92 Å². The summed E-state index contributed by atoms with van der Waals surface area (Å²) in [6.07, 6.45) is 6.21. The average molecular weight is 337 g/mol. The van der Waals surface area contributed by atoms with E-state index in [1.165, 1.54) is 18.4 Å².